The van der Waals surface area contributed by atoms with Crippen molar-refractivity contribution >= 4 is 64.6 Å². The minimum absolute atomic E-state index is 0.495. The van der Waals surface area contributed by atoms with Crippen molar-refractivity contribution in [3.8, 4) is 22.6 Å². The van der Waals surface area contributed by atoms with Gasteiger partial charge in [0.1, 0.15) is 11.5 Å². The number of benzene rings is 7. The van der Waals surface area contributed by atoms with Crippen molar-refractivity contribution in [2.45, 2.75) is 18.3 Å². The average Bonchev–Trinajstić information content (AvgIpc) is 3.83. The van der Waals surface area contributed by atoms with Crippen LogP contribution in [0.3, 0.4) is 0 Å². The van der Waals surface area contributed by atoms with E-state index in [1.807, 2.05) is 11.3 Å². The molecule has 9 aromatic rings. The van der Waals surface area contributed by atoms with Gasteiger partial charge in [-0.25, -0.2) is 0 Å². The highest BCUT2D eigenvalue weighted by atomic mass is 32.1. The van der Waals surface area contributed by atoms with Crippen LogP contribution < -0.4 is 4.74 Å². The lowest BCUT2D eigenvalue weighted by atomic mass is 9.66. The molecular weight excluding hydrogens is 651 g/mol. The van der Waals surface area contributed by atoms with Gasteiger partial charge in [-0.15, -0.1) is 11.3 Å². The first kappa shape index (κ1) is 28.5. The number of hydrogen-bond donors (Lipinski definition) is 0. The van der Waals surface area contributed by atoms with Crippen molar-refractivity contribution < 1.29 is 4.74 Å². The molecule has 0 bridgehead atoms. The molecule has 7 aromatic carbocycles. The summed E-state index contributed by atoms with van der Waals surface area (Å²) < 4.78 is 11.9. The summed E-state index contributed by atoms with van der Waals surface area (Å²) in [5, 5.41) is 5.29. The number of para-hydroxylation sites is 3. The van der Waals surface area contributed by atoms with Crippen LogP contribution in [0, 0.1) is 0 Å². The summed E-state index contributed by atoms with van der Waals surface area (Å²) in [7, 11) is 0. The minimum atomic E-state index is -0.495. The number of allylic oxidation sites excluding steroid dienone is 4. The van der Waals surface area contributed by atoms with Crippen LogP contribution in [-0.4, -0.2) is 4.57 Å². The molecule has 3 aliphatic rings. The number of ether oxygens (including phenoxy) is 1. The van der Waals surface area contributed by atoms with Crippen LogP contribution >= 0.6 is 11.3 Å². The summed E-state index contributed by atoms with van der Waals surface area (Å²) in [6.45, 7) is 0. The number of thiophene rings is 1. The Labute approximate surface area is 305 Å². The Kier molecular flexibility index (Phi) is 5.73. The van der Waals surface area contributed by atoms with E-state index in [0.717, 1.165) is 24.3 Å². The molecule has 0 saturated carbocycles. The fourth-order valence-electron chi connectivity index (χ4n) is 9.60. The predicted octanol–water partition coefficient (Wildman–Crippen LogP) is 13.3. The third kappa shape index (κ3) is 3.68. The zero-order valence-electron chi connectivity index (χ0n) is 28.3. The van der Waals surface area contributed by atoms with Gasteiger partial charge in [-0.1, -0.05) is 109 Å². The smallest absolute Gasteiger partial charge is 0.132 e. The summed E-state index contributed by atoms with van der Waals surface area (Å²) in [4.78, 5) is 0. The Morgan fingerprint density at radius 2 is 1.17 bits per heavy atom. The highest BCUT2D eigenvalue weighted by molar-refractivity contribution is 7.25. The van der Waals surface area contributed by atoms with Crippen LogP contribution in [0.15, 0.2) is 164 Å². The topological polar surface area (TPSA) is 14.2 Å². The van der Waals surface area contributed by atoms with Crippen molar-refractivity contribution in [2.75, 3.05) is 0 Å². The lowest BCUT2D eigenvalue weighted by Gasteiger charge is -2.39. The van der Waals surface area contributed by atoms with E-state index in [4.69, 9.17) is 4.74 Å². The first-order valence-corrected chi connectivity index (χ1v) is 19.0. The van der Waals surface area contributed by atoms with Gasteiger partial charge in [0.25, 0.3) is 0 Å². The van der Waals surface area contributed by atoms with Gasteiger partial charge in [0.05, 0.1) is 16.4 Å². The third-order valence-electron chi connectivity index (χ3n) is 11.8. The minimum Gasteiger partial charge on any atom is -0.457 e. The molecule has 2 aromatic heterocycles. The quantitative estimate of drug-likeness (QED) is 0.177. The standard InChI is InChI=1S/C49H31NOS/c1-4-14-39-33(11-1)36-28-37-34-12-2-7-17-43(34)50(32-24-21-30(22-25-32)31-23-26-48-38(27-31)35-13-3-10-20-47(35)52-48)44(37)29-42(36)49(39)40-15-5-8-18-45(40)51-46-19-9-6-16-41(46)49/h1-21,23-24,26-29H,22,25H2. The van der Waals surface area contributed by atoms with Gasteiger partial charge in [0.2, 0.25) is 0 Å². The van der Waals surface area contributed by atoms with Gasteiger partial charge in [-0.3, -0.25) is 0 Å². The SMILES string of the molecule is C1=C(c2ccc3sc4ccccc4c3c2)CCC(n2c3ccccc3c3cc4c(cc32)C2(c3ccccc3Oc3ccccc32)c2ccccc2-4)=C1. The Morgan fingerprint density at radius 1 is 0.481 bits per heavy atom. The van der Waals surface area contributed by atoms with Gasteiger partial charge < -0.3 is 9.30 Å². The molecule has 244 valence electrons. The fourth-order valence-corrected chi connectivity index (χ4v) is 10.7. The van der Waals surface area contributed by atoms with Crippen LogP contribution in [0.5, 0.6) is 11.5 Å². The van der Waals surface area contributed by atoms with E-state index in [9.17, 15) is 0 Å². The summed E-state index contributed by atoms with van der Waals surface area (Å²) in [5.74, 6) is 1.84. The Balaban J connectivity index is 1.09. The Morgan fingerprint density at radius 3 is 1.98 bits per heavy atom. The zero-order valence-corrected chi connectivity index (χ0v) is 29.1. The second-order valence-corrected chi connectivity index (χ2v) is 15.4. The molecule has 52 heavy (non-hydrogen) atoms. The molecule has 0 saturated heterocycles. The van der Waals surface area contributed by atoms with Crippen LogP contribution in [-0.2, 0) is 5.41 Å². The Bertz CT molecular complexity index is 3020. The molecule has 12 rings (SSSR count). The molecule has 0 atom stereocenters. The van der Waals surface area contributed by atoms with Gasteiger partial charge in [0.15, 0.2) is 0 Å². The molecule has 3 heterocycles. The molecule has 0 N–H and O–H groups in total. The lowest BCUT2D eigenvalue weighted by molar-refractivity contribution is 0.436. The van der Waals surface area contributed by atoms with Gasteiger partial charge >= 0.3 is 0 Å². The largest absolute Gasteiger partial charge is 0.457 e. The van der Waals surface area contributed by atoms with Crippen molar-refractivity contribution in [2.24, 2.45) is 0 Å². The molecular formula is C49H31NOS. The number of hydrogen-bond acceptors (Lipinski definition) is 2. The monoisotopic (exact) mass is 681 g/mol. The average molecular weight is 682 g/mol. The van der Waals surface area contributed by atoms with Crippen molar-refractivity contribution in [3.63, 3.8) is 0 Å². The molecule has 1 aliphatic heterocycles. The molecule has 0 amide bonds. The maximum Gasteiger partial charge on any atom is 0.132 e. The molecule has 1 spiro atoms. The van der Waals surface area contributed by atoms with E-state index in [1.54, 1.807) is 0 Å². The van der Waals surface area contributed by atoms with E-state index < -0.39 is 5.41 Å². The molecule has 2 nitrogen and oxygen atoms in total. The summed E-state index contributed by atoms with van der Waals surface area (Å²) >= 11 is 1.88. The number of rotatable bonds is 2. The van der Waals surface area contributed by atoms with E-state index in [-0.39, 0.29) is 0 Å². The van der Waals surface area contributed by atoms with E-state index in [2.05, 4.69) is 168 Å². The molecule has 0 fully saturated rings. The van der Waals surface area contributed by atoms with Gasteiger partial charge in [-0.05, 0) is 101 Å². The van der Waals surface area contributed by atoms with Crippen LogP contribution in [0.25, 0.3) is 64.4 Å². The second-order valence-electron chi connectivity index (χ2n) is 14.3. The first-order chi connectivity index (χ1) is 25.8. The van der Waals surface area contributed by atoms with E-state index >= 15 is 0 Å². The van der Waals surface area contributed by atoms with E-state index in [1.165, 1.54) is 92.2 Å². The maximum absolute atomic E-state index is 6.62. The second kappa shape index (κ2) is 10.4. The fraction of sp³-hybridized carbons (Fsp3) is 0.0612. The van der Waals surface area contributed by atoms with Crippen LogP contribution in [0.4, 0.5) is 0 Å². The van der Waals surface area contributed by atoms with Crippen molar-refractivity contribution in [1.29, 1.82) is 0 Å². The van der Waals surface area contributed by atoms with Gasteiger partial charge in [0, 0.05) is 47.8 Å². The van der Waals surface area contributed by atoms with Crippen LogP contribution in [0.1, 0.15) is 40.7 Å². The summed E-state index contributed by atoms with van der Waals surface area (Å²) in [6.07, 6.45) is 6.69. The maximum atomic E-state index is 6.62. The van der Waals surface area contributed by atoms with E-state index in [0.29, 0.717) is 0 Å². The normalized spacial score (nSPS) is 15.3. The highest BCUT2D eigenvalue weighted by Gasteiger charge is 2.51. The van der Waals surface area contributed by atoms with Crippen molar-refractivity contribution in [3.05, 3.63) is 192 Å². The zero-order chi connectivity index (χ0) is 34.0. The highest BCUT2D eigenvalue weighted by Crippen LogP contribution is 2.62. The molecule has 0 radical (unpaired) electrons. The Hall–Kier alpha value is -6.16. The number of fused-ring (bicyclic) bond motifs is 15. The van der Waals surface area contributed by atoms with Crippen LogP contribution in [0.2, 0.25) is 0 Å². The molecule has 2 aliphatic carbocycles. The molecule has 3 heteroatoms. The molecule has 0 unspecified atom stereocenters. The lowest BCUT2D eigenvalue weighted by Crippen LogP contribution is -2.32. The van der Waals surface area contributed by atoms with Gasteiger partial charge in [-0.2, -0.15) is 0 Å². The third-order valence-corrected chi connectivity index (χ3v) is 13.0. The predicted molar refractivity (Wildman–Crippen MR) is 218 cm³/mol. The number of aromatic nitrogens is 1. The summed E-state index contributed by atoms with van der Waals surface area (Å²) in [6, 6.07) is 56.0. The first-order valence-electron chi connectivity index (χ1n) is 18.1. The number of nitrogens with zero attached hydrogens (tertiary/aromatic N) is 1. The van der Waals surface area contributed by atoms with Crippen molar-refractivity contribution in [1.82, 2.24) is 4.57 Å². The summed E-state index contributed by atoms with van der Waals surface area (Å²) in [5.41, 5.74) is 13.7.